The molecule has 2 aromatic rings. The third-order valence-electron chi connectivity index (χ3n) is 3.41. The molecule has 0 atom stereocenters. The van der Waals surface area contributed by atoms with E-state index in [9.17, 15) is 9.59 Å². The molecule has 0 radical (unpaired) electrons. The Balaban J connectivity index is 0.000000280. The van der Waals surface area contributed by atoms with Crippen LogP contribution in [0.15, 0.2) is 36.4 Å². The highest BCUT2D eigenvalue weighted by Crippen LogP contribution is 2.25. The highest BCUT2D eigenvalue weighted by molar-refractivity contribution is 6.42. The van der Waals surface area contributed by atoms with Gasteiger partial charge < -0.3 is 20.4 Å². The Bertz CT molecular complexity index is 772. The lowest BCUT2D eigenvalue weighted by Crippen LogP contribution is -2.27. The largest absolute Gasteiger partial charge is 0.331 e. The van der Waals surface area contributed by atoms with Crippen LogP contribution in [-0.4, -0.2) is 50.1 Å². The first-order valence-corrected chi connectivity index (χ1v) is 9.32. The number of hydrogen-bond donors (Lipinski definition) is 2. The van der Waals surface area contributed by atoms with E-state index >= 15 is 0 Å². The maximum absolute atomic E-state index is 11.3. The van der Waals surface area contributed by atoms with Crippen LogP contribution in [0.2, 0.25) is 15.1 Å². The van der Waals surface area contributed by atoms with E-state index in [1.807, 2.05) is 19.1 Å². The van der Waals surface area contributed by atoms with Crippen molar-refractivity contribution in [3.63, 3.8) is 0 Å². The Morgan fingerprint density at radius 3 is 1.54 bits per heavy atom. The number of nitrogens with zero attached hydrogens (tertiary/aromatic N) is 2. The number of halogens is 3. The first-order valence-electron chi connectivity index (χ1n) is 8.19. The first kappa shape index (κ1) is 23.9. The van der Waals surface area contributed by atoms with Crippen molar-refractivity contribution in [1.29, 1.82) is 0 Å². The van der Waals surface area contributed by atoms with Crippen LogP contribution in [0.5, 0.6) is 0 Å². The van der Waals surface area contributed by atoms with Gasteiger partial charge in [-0.25, -0.2) is 9.59 Å². The molecule has 6 nitrogen and oxygen atoms in total. The monoisotopic (exact) mass is 444 g/mol. The third-order valence-corrected chi connectivity index (χ3v) is 4.55. The lowest BCUT2D eigenvalue weighted by molar-refractivity contribution is 0.230. The number of rotatable bonds is 2. The fourth-order valence-corrected chi connectivity index (χ4v) is 2.19. The number of urea groups is 2. The molecule has 0 spiro atoms. The fourth-order valence-electron chi connectivity index (χ4n) is 1.72. The molecule has 0 saturated carbocycles. The van der Waals surface area contributed by atoms with Gasteiger partial charge in [-0.05, 0) is 42.8 Å². The molecule has 0 fully saturated rings. The maximum Gasteiger partial charge on any atom is 0.321 e. The predicted molar refractivity (Wildman–Crippen MR) is 118 cm³/mol. The number of hydrogen-bond acceptors (Lipinski definition) is 2. The van der Waals surface area contributed by atoms with Gasteiger partial charge in [-0.3, -0.25) is 0 Å². The van der Waals surface area contributed by atoms with Crippen LogP contribution in [0.4, 0.5) is 21.0 Å². The second-order valence-electron chi connectivity index (χ2n) is 6.24. The summed E-state index contributed by atoms with van der Waals surface area (Å²) in [6.45, 7) is 1.92. The SMILES string of the molecule is CN(C)C(=O)Nc1ccc(Cl)c(Cl)c1.Cc1ccc(NC(=O)N(C)C)cc1Cl. The second-order valence-corrected chi connectivity index (χ2v) is 7.46. The van der Waals surface area contributed by atoms with E-state index in [0.29, 0.717) is 26.4 Å². The Morgan fingerprint density at radius 1 is 0.714 bits per heavy atom. The average molecular weight is 446 g/mol. The van der Waals surface area contributed by atoms with Gasteiger partial charge in [-0.2, -0.15) is 0 Å². The number of benzene rings is 2. The zero-order valence-corrected chi connectivity index (χ0v) is 18.6. The summed E-state index contributed by atoms with van der Waals surface area (Å²) in [5.41, 5.74) is 2.33. The van der Waals surface area contributed by atoms with Crippen molar-refractivity contribution >= 4 is 58.2 Å². The van der Waals surface area contributed by atoms with Gasteiger partial charge in [0.25, 0.3) is 0 Å². The van der Waals surface area contributed by atoms with Gasteiger partial charge >= 0.3 is 12.1 Å². The van der Waals surface area contributed by atoms with Crippen molar-refractivity contribution in [2.24, 2.45) is 0 Å². The van der Waals surface area contributed by atoms with Crippen molar-refractivity contribution in [2.45, 2.75) is 6.92 Å². The van der Waals surface area contributed by atoms with E-state index in [4.69, 9.17) is 34.8 Å². The summed E-state index contributed by atoms with van der Waals surface area (Å²) in [6, 6.07) is 9.98. The zero-order chi connectivity index (χ0) is 21.4. The number of anilines is 2. The number of aryl methyl sites for hydroxylation is 1. The standard InChI is InChI=1S/C10H13ClN2O.C9H10Cl2N2O/c1-7-4-5-8(6-9(7)11)12-10(14)13(2)3;1-13(2)9(14)12-6-3-4-7(10)8(11)5-6/h4-6H,1-3H3,(H,12,14);3-5H,1-2H3,(H,12,14). The number of nitrogens with one attached hydrogen (secondary N) is 2. The van der Waals surface area contributed by atoms with Gasteiger partial charge in [-0.1, -0.05) is 40.9 Å². The molecule has 0 aromatic heterocycles. The average Bonchev–Trinajstić information content (AvgIpc) is 2.61. The van der Waals surface area contributed by atoms with Crippen molar-refractivity contribution in [1.82, 2.24) is 9.80 Å². The molecule has 2 aromatic carbocycles. The Kier molecular flexibility index (Phi) is 9.38. The van der Waals surface area contributed by atoms with Crippen molar-refractivity contribution in [2.75, 3.05) is 38.8 Å². The van der Waals surface area contributed by atoms with Crippen LogP contribution in [0.3, 0.4) is 0 Å². The van der Waals surface area contributed by atoms with E-state index < -0.39 is 0 Å². The minimum Gasteiger partial charge on any atom is -0.331 e. The molecule has 152 valence electrons. The molecule has 9 heteroatoms. The smallest absolute Gasteiger partial charge is 0.321 e. The van der Waals surface area contributed by atoms with E-state index in [1.165, 1.54) is 9.80 Å². The maximum atomic E-state index is 11.3. The van der Waals surface area contributed by atoms with Gasteiger partial charge in [0.15, 0.2) is 0 Å². The van der Waals surface area contributed by atoms with Crippen LogP contribution in [0.25, 0.3) is 0 Å². The van der Waals surface area contributed by atoms with E-state index in [0.717, 1.165) is 5.56 Å². The molecule has 0 bridgehead atoms. The van der Waals surface area contributed by atoms with E-state index in [2.05, 4.69) is 10.6 Å². The van der Waals surface area contributed by atoms with Gasteiger partial charge in [0.1, 0.15) is 0 Å². The first-order chi connectivity index (χ1) is 13.0. The molecule has 2 N–H and O–H groups in total. The number of amides is 4. The minimum absolute atomic E-state index is 0.162. The lowest BCUT2D eigenvalue weighted by atomic mass is 10.2. The molecule has 0 aliphatic carbocycles. The summed E-state index contributed by atoms with van der Waals surface area (Å²) >= 11 is 17.4. The summed E-state index contributed by atoms with van der Waals surface area (Å²) in [5, 5.41) is 6.91. The quantitative estimate of drug-likeness (QED) is 0.611. The topological polar surface area (TPSA) is 64.7 Å². The van der Waals surface area contributed by atoms with Gasteiger partial charge in [0, 0.05) is 44.6 Å². The summed E-state index contributed by atoms with van der Waals surface area (Å²) in [4.78, 5) is 25.4. The van der Waals surface area contributed by atoms with Crippen LogP contribution in [0, 0.1) is 6.92 Å². The number of carbonyl (C=O) groups excluding carboxylic acids is 2. The third kappa shape index (κ3) is 7.84. The van der Waals surface area contributed by atoms with Gasteiger partial charge in [0.05, 0.1) is 10.0 Å². The van der Waals surface area contributed by atoms with Crippen molar-refractivity contribution < 1.29 is 9.59 Å². The molecular weight excluding hydrogens is 423 g/mol. The normalized spacial score (nSPS) is 9.71. The highest BCUT2D eigenvalue weighted by Gasteiger charge is 2.06. The summed E-state index contributed by atoms with van der Waals surface area (Å²) in [7, 11) is 6.69. The van der Waals surface area contributed by atoms with E-state index in [1.54, 1.807) is 52.5 Å². The molecule has 0 unspecified atom stereocenters. The van der Waals surface area contributed by atoms with Crippen LogP contribution in [-0.2, 0) is 0 Å². The molecular formula is C19H23Cl3N4O2. The van der Waals surface area contributed by atoms with Crippen molar-refractivity contribution in [3.05, 3.63) is 57.0 Å². The summed E-state index contributed by atoms with van der Waals surface area (Å²) in [5.74, 6) is 0. The molecule has 4 amide bonds. The Labute approximate surface area is 180 Å². The predicted octanol–water partition coefficient (Wildman–Crippen LogP) is 5.83. The molecule has 0 heterocycles. The van der Waals surface area contributed by atoms with Gasteiger partial charge in [0.2, 0.25) is 0 Å². The minimum atomic E-state index is -0.205. The Morgan fingerprint density at radius 2 is 1.14 bits per heavy atom. The van der Waals surface area contributed by atoms with E-state index in [-0.39, 0.29) is 12.1 Å². The lowest BCUT2D eigenvalue weighted by Gasteiger charge is -2.12. The van der Waals surface area contributed by atoms with Crippen LogP contribution in [0.1, 0.15) is 5.56 Å². The van der Waals surface area contributed by atoms with Crippen molar-refractivity contribution in [3.8, 4) is 0 Å². The van der Waals surface area contributed by atoms with Crippen LogP contribution >= 0.6 is 34.8 Å². The molecule has 0 aliphatic heterocycles. The molecule has 0 saturated heterocycles. The fraction of sp³-hybridized carbons (Fsp3) is 0.263. The van der Waals surface area contributed by atoms with Crippen LogP contribution < -0.4 is 10.6 Å². The summed E-state index contributed by atoms with van der Waals surface area (Å²) in [6.07, 6.45) is 0. The summed E-state index contributed by atoms with van der Waals surface area (Å²) < 4.78 is 0. The molecule has 0 aliphatic rings. The molecule has 28 heavy (non-hydrogen) atoms. The zero-order valence-electron chi connectivity index (χ0n) is 16.3. The number of carbonyl (C=O) groups is 2. The molecule has 2 rings (SSSR count). The Hall–Kier alpha value is -2.15. The van der Waals surface area contributed by atoms with Gasteiger partial charge in [-0.15, -0.1) is 0 Å². The second kappa shape index (κ2) is 11.0. The highest BCUT2D eigenvalue weighted by atomic mass is 35.5.